The Morgan fingerprint density at radius 3 is 2.14 bits per heavy atom. The highest BCUT2D eigenvalue weighted by Crippen LogP contribution is 2.48. The summed E-state index contributed by atoms with van der Waals surface area (Å²) >= 11 is 0. The summed E-state index contributed by atoms with van der Waals surface area (Å²) in [6.07, 6.45) is -2.43. The van der Waals surface area contributed by atoms with E-state index < -0.39 is 17.3 Å². The van der Waals surface area contributed by atoms with Crippen molar-refractivity contribution < 1.29 is 23.1 Å². The molecule has 1 fully saturated rings. The van der Waals surface area contributed by atoms with E-state index in [4.69, 9.17) is 0 Å². The molecule has 1 saturated carbocycles. The first-order valence-corrected chi connectivity index (χ1v) is 9.58. The van der Waals surface area contributed by atoms with Crippen molar-refractivity contribution in [2.45, 2.75) is 45.3 Å². The van der Waals surface area contributed by atoms with Crippen LogP contribution in [-0.2, 0) is 11.0 Å². The summed E-state index contributed by atoms with van der Waals surface area (Å²) < 4.78 is 38.5. The lowest BCUT2D eigenvalue weighted by Crippen LogP contribution is -2.43. The van der Waals surface area contributed by atoms with Gasteiger partial charge in [0.05, 0.1) is 16.7 Å². The molecule has 0 bridgehead atoms. The van der Waals surface area contributed by atoms with E-state index in [-0.39, 0.29) is 17.6 Å². The highest BCUT2D eigenvalue weighted by atomic mass is 19.4. The molecule has 1 aliphatic carbocycles. The van der Waals surface area contributed by atoms with Gasteiger partial charge in [-0.15, -0.1) is 0 Å². The zero-order valence-corrected chi connectivity index (χ0v) is 16.4. The molecule has 29 heavy (non-hydrogen) atoms. The molecule has 1 heterocycles. The smallest absolute Gasteiger partial charge is 0.416 e. The number of carbonyl (C=O) groups excluding carboxylic acids is 1. The molecule has 3 nitrogen and oxygen atoms in total. The molecule has 2 aromatic rings. The predicted octanol–water partition coefficient (Wildman–Crippen LogP) is 5.56. The van der Waals surface area contributed by atoms with Crippen LogP contribution in [0.15, 0.2) is 42.2 Å². The zero-order valence-electron chi connectivity index (χ0n) is 16.4. The average molecular weight is 401 g/mol. The van der Waals surface area contributed by atoms with Crippen LogP contribution in [0.5, 0.6) is 0 Å². The van der Waals surface area contributed by atoms with E-state index in [1.54, 1.807) is 0 Å². The Kier molecular flexibility index (Phi) is 4.30. The summed E-state index contributed by atoms with van der Waals surface area (Å²) in [6.45, 7) is 5.53. The maximum Gasteiger partial charge on any atom is 0.416 e. The second-order valence-electron chi connectivity index (χ2n) is 8.21. The molecule has 6 heteroatoms. The van der Waals surface area contributed by atoms with Crippen LogP contribution in [0.3, 0.4) is 0 Å². The number of aryl methyl sites for hydroxylation is 2. The topological polar surface area (TPSA) is 49.3 Å². The summed E-state index contributed by atoms with van der Waals surface area (Å²) in [6, 6.07) is 8.72. The minimum atomic E-state index is -4.37. The molecule has 4 rings (SSSR count). The van der Waals surface area contributed by atoms with Gasteiger partial charge in [-0.2, -0.15) is 13.2 Å². The molecule has 0 radical (unpaired) electrons. The van der Waals surface area contributed by atoms with Gasteiger partial charge in [0, 0.05) is 0 Å². The van der Waals surface area contributed by atoms with Crippen LogP contribution in [0.25, 0.3) is 16.7 Å². The van der Waals surface area contributed by atoms with Crippen LogP contribution >= 0.6 is 0 Å². The summed E-state index contributed by atoms with van der Waals surface area (Å²) in [5.74, 6) is 0.0354. The Morgan fingerprint density at radius 2 is 1.59 bits per heavy atom. The molecule has 2 N–H and O–H groups in total. The quantitative estimate of drug-likeness (QED) is 0.708. The molecular formula is C23H22F3NO2. The van der Waals surface area contributed by atoms with E-state index in [0.29, 0.717) is 16.7 Å². The van der Waals surface area contributed by atoms with Crippen molar-refractivity contribution >= 4 is 11.5 Å². The Labute approximate surface area is 167 Å². The van der Waals surface area contributed by atoms with Gasteiger partial charge < -0.3 is 10.4 Å². The first-order chi connectivity index (χ1) is 13.5. The second kappa shape index (κ2) is 6.37. The van der Waals surface area contributed by atoms with Crippen molar-refractivity contribution in [3.8, 4) is 11.1 Å². The van der Waals surface area contributed by atoms with Crippen LogP contribution < -0.4 is 5.32 Å². The minimum absolute atomic E-state index is 0.0785. The van der Waals surface area contributed by atoms with Gasteiger partial charge in [0.2, 0.25) is 0 Å². The lowest BCUT2D eigenvalue weighted by Gasteiger charge is -2.24. The summed E-state index contributed by atoms with van der Waals surface area (Å²) in [5, 5.41) is 13.8. The van der Waals surface area contributed by atoms with Crippen molar-refractivity contribution in [1.82, 2.24) is 5.32 Å². The molecule has 152 valence electrons. The third-order valence-corrected chi connectivity index (χ3v) is 6.09. The molecule has 0 saturated heterocycles. The number of benzene rings is 2. The first kappa shape index (κ1) is 19.6. The lowest BCUT2D eigenvalue weighted by molar-refractivity contribution is -0.137. The van der Waals surface area contributed by atoms with E-state index in [1.807, 2.05) is 32.9 Å². The van der Waals surface area contributed by atoms with Gasteiger partial charge in [-0.1, -0.05) is 24.3 Å². The van der Waals surface area contributed by atoms with Crippen molar-refractivity contribution in [2.24, 2.45) is 5.92 Å². The van der Waals surface area contributed by atoms with Crippen LogP contribution in [0.2, 0.25) is 0 Å². The van der Waals surface area contributed by atoms with Crippen molar-refractivity contribution in [2.75, 3.05) is 0 Å². The molecule has 1 atom stereocenters. The fourth-order valence-corrected chi connectivity index (χ4v) is 4.17. The zero-order chi connectivity index (χ0) is 21.1. The van der Waals surface area contributed by atoms with E-state index in [1.165, 1.54) is 12.1 Å². The standard InChI is InChI=1S/C23H22F3NO2/c1-12-11-18(19-20(28)22(3,15-8-9-15)27-21(19)29)13(2)10-17(12)14-4-6-16(7-5-14)23(24,25)26/h4-7,10-11,15,28H,8-9H2,1-3H3,(H,27,29). The molecule has 2 aliphatic rings. The number of amides is 1. The van der Waals surface area contributed by atoms with E-state index in [2.05, 4.69) is 5.32 Å². The van der Waals surface area contributed by atoms with E-state index in [9.17, 15) is 23.1 Å². The van der Waals surface area contributed by atoms with Crippen LogP contribution in [-0.4, -0.2) is 16.6 Å². The van der Waals surface area contributed by atoms with Gasteiger partial charge >= 0.3 is 6.18 Å². The number of carbonyl (C=O) groups is 1. The predicted molar refractivity (Wildman–Crippen MR) is 105 cm³/mol. The summed E-state index contributed by atoms with van der Waals surface area (Å²) in [7, 11) is 0. The van der Waals surface area contributed by atoms with Gasteiger partial charge in [-0.3, -0.25) is 4.79 Å². The van der Waals surface area contributed by atoms with Gasteiger partial charge in [-0.05, 0) is 79.5 Å². The third kappa shape index (κ3) is 3.20. The first-order valence-electron chi connectivity index (χ1n) is 9.58. The fraction of sp³-hybridized carbons (Fsp3) is 0.348. The number of halogens is 3. The number of nitrogens with one attached hydrogen (secondary N) is 1. The number of aliphatic hydroxyl groups excluding tert-OH is 1. The van der Waals surface area contributed by atoms with Crippen LogP contribution in [0.4, 0.5) is 13.2 Å². The molecule has 1 aliphatic heterocycles. The Balaban J connectivity index is 1.75. The maximum atomic E-state index is 12.8. The number of alkyl halides is 3. The van der Waals surface area contributed by atoms with Crippen LogP contribution in [0.1, 0.15) is 42.0 Å². The number of hydrogen-bond donors (Lipinski definition) is 2. The monoisotopic (exact) mass is 401 g/mol. The lowest BCUT2D eigenvalue weighted by atomic mass is 9.89. The third-order valence-electron chi connectivity index (χ3n) is 6.09. The molecule has 1 unspecified atom stereocenters. The normalized spacial score (nSPS) is 22.2. The fourth-order valence-electron chi connectivity index (χ4n) is 4.17. The highest BCUT2D eigenvalue weighted by Gasteiger charge is 2.52. The van der Waals surface area contributed by atoms with E-state index in [0.717, 1.165) is 41.7 Å². The highest BCUT2D eigenvalue weighted by molar-refractivity contribution is 6.23. The SMILES string of the molecule is Cc1cc(-c2ccc(C(F)(F)F)cc2)c(C)cc1C1=C(O)C(C)(C2CC2)NC1=O. The van der Waals surface area contributed by atoms with Crippen molar-refractivity contribution in [1.29, 1.82) is 0 Å². The Bertz CT molecular complexity index is 1030. The van der Waals surface area contributed by atoms with Gasteiger partial charge in [0.15, 0.2) is 0 Å². The molecule has 2 aromatic carbocycles. The average Bonchev–Trinajstić information content (AvgIpc) is 3.46. The summed E-state index contributed by atoms with van der Waals surface area (Å²) in [4.78, 5) is 12.6. The Hall–Kier alpha value is -2.76. The summed E-state index contributed by atoms with van der Waals surface area (Å²) in [5.41, 5.74) is 2.59. The second-order valence-corrected chi connectivity index (χ2v) is 8.21. The number of hydrogen-bond acceptors (Lipinski definition) is 2. The Morgan fingerprint density at radius 1 is 1.03 bits per heavy atom. The van der Waals surface area contributed by atoms with Crippen molar-refractivity contribution in [3.63, 3.8) is 0 Å². The van der Waals surface area contributed by atoms with Crippen molar-refractivity contribution in [3.05, 3.63) is 64.4 Å². The molecule has 1 amide bonds. The molecule has 0 aromatic heterocycles. The van der Waals surface area contributed by atoms with Gasteiger partial charge in [0.1, 0.15) is 5.76 Å². The number of aliphatic hydroxyl groups is 1. The van der Waals surface area contributed by atoms with Gasteiger partial charge in [-0.25, -0.2) is 0 Å². The van der Waals surface area contributed by atoms with E-state index >= 15 is 0 Å². The maximum absolute atomic E-state index is 12.8. The molecule has 0 spiro atoms. The van der Waals surface area contributed by atoms with Crippen LogP contribution in [0, 0.1) is 19.8 Å². The minimum Gasteiger partial charge on any atom is -0.509 e. The molecular weight excluding hydrogens is 379 g/mol. The number of rotatable bonds is 3. The van der Waals surface area contributed by atoms with Gasteiger partial charge in [0.25, 0.3) is 5.91 Å². The largest absolute Gasteiger partial charge is 0.509 e.